The first-order valence-electron chi connectivity index (χ1n) is 5.65. The molecule has 0 aliphatic heterocycles. The second-order valence-electron chi connectivity index (χ2n) is 3.97. The Hall–Kier alpha value is -0.750. The van der Waals surface area contributed by atoms with Crippen LogP contribution >= 0.6 is 35.0 Å². The highest BCUT2D eigenvalue weighted by Gasteiger charge is 2.15. The minimum atomic E-state index is -0.239. The lowest BCUT2D eigenvalue weighted by Gasteiger charge is -2.03. The molecule has 0 spiro atoms. The number of hydrogen-bond acceptors (Lipinski definition) is 5. The van der Waals surface area contributed by atoms with Crippen molar-refractivity contribution >= 4 is 35.0 Å². The van der Waals surface area contributed by atoms with Crippen LogP contribution in [0.15, 0.2) is 22.7 Å². The smallest absolute Gasteiger partial charge is 0.243 e. The normalized spacial score (nSPS) is 12.6. The van der Waals surface area contributed by atoms with Gasteiger partial charge in [0.05, 0.1) is 16.1 Å². The summed E-state index contributed by atoms with van der Waals surface area (Å²) < 4.78 is 5.18. The first kappa shape index (κ1) is 14.7. The Morgan fingerprint density at radius 3 is 2.84 bits per heavy atom. The molecule has 2 rings (SSSR count). The molecule has 0 saturated heterocycles. The summed E-state index contributed by atoms with van der Waals surface area (Å²) in [7, 11) is 0. The molecule has 1 aromatic carbocycles. The zero-order chi connectivity index (χ0) is 13.8. The summed E-state index contributed by atoms with van der Waals surface area (Å²) in [5.41, 5.74) is 6.72. The summed E-state index contributed by atoms with van der Waals surface area (Å²) in [5.74, 6) is 1.86. The van der Waals surface area contributed by atoms with Crippen molar-refractivity contribution in [2.45, 2.75) is 12.5 Å². The third-order valence-electron chi connectivity index (χ3n) is 2.57. The fourth-order valence-electron chi connectivity index (χ4n) is 1.51. The van der Waals surface area contributed by atoms with Gasteiger partial charge in [-0.1, -0.05) is 28.4 Å². The van der Waals surface area contributed by atoms with Crippen molar-refractivity contribution in [2.75, 3.05) is 12.0 Å². The number of rotatable bonds is 5. The molecule has 0 amide bonds. The van der Waals surface area contributed by atoms with Gasteiger partial charge < -0.3 is 10.3 Å². The molecule has 0 unspecified atom stereocenters. The molecule has 102 valence electrons. The highest BCUT2D eigenvalue weighted by Crippen LogP contribution is 2.27. The van der Waals surface area contributed by atoms with Crippen molar-refractivity contribution in [1.29, 1.82) is 0 Å². The summed E-state index contributed by atoms with van der Waals surface area (Å²) in [4.78, 5) is 4.29. The third kappa shape index (κ3) is 3.63. The van der Waals surface area contributed by atoms with Gasteiger partial charge in [0.25, 0.3) is 0 Å². The zero-order valence-corrected chi connectivity index (χ0v) is 12.6. The van der Waals surface area contributed by atoms with Crippen molar-refractivity contribution < 1.29 is 4.52 Å². The standard InChI is InChI=1S/C12H13Cl2N3OS/c1-19-5-4-10(15)12-16-11(17-18-12)7-2-3-8(13)9(14)6-7/h2-3,6,10H,4-5,15H2,1H3/t10-/m0/s1. The summed E-state index contributed by atoms with van der Waals surface area (Å²) in [6, 6.07) is 4.95. The molecule has 2 aromatic rings. The van der Waals surface area contributed by atoms with Gasteiger partial charge in [0.15, 0.2) is 0 Å². The van der Waals surface area contributed by atoms with Crippen LogP contribution in [0.1, 0.15) is 18.4 Å². The summed E-state index contributed by atoms with van der Waals surface area (Å²) in [5, 5.41) is 4.86. The van der Waals surface area contributed by atoms with E-state index in [0.717, 1.165) is 17.7 Å². The fraction of sp³-hybridized carbons (Fsp3) is 0.333. The number of aromatic nitrogens is 2. The molecular formula is C12H13Cl2N3OS. The van der Waals surface area contributed by atoms with Crippen molar-refractivity contribution in [3.8, 4) is 11.4 Å². The molecular weight excluding hydrogens is 305 g/mol. The average Bonchev–Trinajstić information content (AvgIpc) is 2.89. The third-order valence-corrected chi connectivity index (χ3v) is 3.95. The first-order chi connectivity index (χ1) is 9.11. The summed E-state index contributed by atoms with van der Waals surface area (Å²) in [6.45, 7) is 0. The monoisotopic (exact) mass is 317 g/mol. The maximum absolute atomic E-state index is 5.97. The summed E-state index contributed by atoms with van der Waals surface area (Å²) >= 11 is 13.5. The molecule has 1 heterocycles. The Bertz CT molecular complexity index is 562. The van der Waals surface area contributed by atoms with Gasteiger partial charge in [0.2, 0.25) is 11.7 Å². The molecule has 7 heteroatoms. The molecule has 1 atom stereocenters. The van der Waals surface area contributed by atoms with Gasteiger partial charge in [-0.15, -0.1) is 0 Å². The molecule has 2 N–H and O–H groups in total. The van der Waals surface area contributed by atoms with Crippen molar-refractivity contribution in [1.82, 2.24) is 10.1 Å². The second-order valence-corrected chi connectivity index (χ2v) is 5.77. The van der Waals surface area contributed by atoms with E-state index in [0.29, 0.717) is 21.8 Å². The molecule has 0 aliphatic carbocycles. The lowest BCUT2D eigenvalue weighted by atomic mass is 10.2. The van der Waals surface area contributed by atoms with E-state index >= 15 is 0 Å². The Labute approximate surface area is 125 Å². The molecule has 0 fully saturated rings. The molecule has 4 nitrogen and oxygen atoms in total. The molecule has 19 heavy (non-hydrogen) atoms. The minimum absolute atomic E-state index is 0.239. The van der Waals surface area contributed by atoms with E-state index in [1.807, 2.05) is 6.26 Å². The Morgan fingerprint density at radius 2 is 2.16 bits per heavy atom. The maximum atomic E-state index is 5.97. The van der Waals surface area contributed by atoms with Crippen LogP contribution in [-0.2, 0) is 0 Å². The second kappa shape index (κ2) is 6.61. The van der Waals surface area contributed by atoms with E-state index in [2.05, 4.69) is 10.1 Å². The average molecular weight is 318 g/mol. The van der Waals surface area contributed by atoms with Crippen LogP contribution < -0.4 is 5.73 Å². The highest BCUT2D eigenvalue weighted by atomic mass is 35.5. The van der Waals surface area contributed by atoms with E-state index in [-0.39, 0.29) is 6.04 Å². The van der Waals surface area contributed by atoms with Gasteiger partial charge in [-0.3, -0.25) is 0 Å². The van der Waals surface area contributed by atoms with Gasteiger partial charge in [-0.2, -0.15) is 16.7 Å². The van der Waals surface area contributed by atoms with Gasteiger partial charge in [-0.05, 0) is 36.6 Å². The van der Waals surface area contributed by atoms with Gasteiger partial charge >= 0.3 is 0 Å². The van der Waals surface area contributed by atoms with Crippen LogP contribution in [0.2, 0.25) is 10.0 Å². The molecule has 0 radical (unpaired) electrons. The topological polar surface area (TPSA) is 64.9 Å². The van der Waals surface area contributed by atoms with Crippen LogP contribution in [0, 0.1) is 0 Å². The van der Waals surface area contributed by atoms with Crippen molar-refractivity contribution in [3.05, 3.63) is 34.1 Å². The molecule has 0 aliphatic rings. The molecule has 1 aromatic heterocycles. The van der Waals surface area contributed by atoms with E-state index in [1.165, 1.54) is 0 Å². The Kier molecular flexibility index (Phi) is 5.10. The largest absolute Gasteiger partial charge is 0.337 e. The quantitative estimate of drug-likeness (QED) is 0.908. The zero-order valence-electron chi connectivity index (χ0n) is 10.3. The van der Waals surface area contributed by atoms with E-state index < -0.39 is 0 Å². The predicted molar refractivity (Wildman–Crippen MR) is 79.7 cm³/mol. The Morgan fingerprint density at radius 1 is 1.37 bits per heavy atom. The van der Waals surface area contributed by atoms with Crippen molar-refractivity contribution in [2.24, 2.45) is 5.73 Å². The van der Waals surface area contributed by atoms with Crippen LogP contribution in [0.3, 0.4) is 0 Å². The highest BCUT2D eigenvalue weighted by molar-refractivity contribution is 7.98. The number of thioether (sulfide) groups is 1. The van der Waals surface area contributed by atoms with E-state index in [1.54, 1.807) is 30.0 Å². The van der Waals surface area contributed by atoms with Crippen LogP contribution in [0.4, 0.5) is 0 Å². The number of hydrogen-bond donors (Lipinski definition) is 1. The predicted octanol–water partition coefficient (Wildman–Crippen LogP) is 3.80. The molecule has 0 saturated carbocycles. The number of nitrogens with two attached hydrogens (primary N) is 1. The number of halogens is 2. The van der Waals surface area contributed by atoms with E-state index in [9.17, 15) is 0 Å². The van der Waals surface area contributed by atoms with Crippen LogP contribution in [-0.4, -0.2) is 22.1 Å². The van der Waals surface area contributed by atoms with Crippen molar-refractivity contribution in [3.63, 3.8) is 0 Å². The Balaban J connectivity index is 2.18. The van der Waals surface area contributed by atoms with E-state index in [4.69, 9.17) is 33.5 Å². The number of benzene rings is 1. The maximum Gasteiger partial charge on any atom is 0.243 e. The van der Waals surface area contributed by atoms with Gasteiger partial charge in [0, 0.05) is 5.56 Å². The summed E-state index contributed by atoms with van der Waals surface area (Å²) in [6.07, 6.45) is 2.83. The lowest BCUT2D eigenvalue weighted by molar-refractivity contribution is 0.353. The van der Waals surface area contributed by atoms with Gasteiger partial charge in [-0.25, -0.2) is 0 Å². The van der Waals surface area contributed by atoms with Crippen LogP contribution in [0.25, 0.3) is 11.4 Å². The van der Waals surface area contributed by atoms with Crippen LogP contribution in [0.5, 0.6) is 0 Å². The SMILES string of the molecule is CSCC[C@H](N)c1nc(-c2ccc(Cl)c(Cl)c2)no1. The molecule has 0 bridgehead atoms. The first-order valence-corrected chi connectivity index (χ1v) is 7.80. The van der Waals surface area contributed by atoms with Gasteiger partial charge in [0.1, 0.15) is 0 Å². The lowest BCUT2D eigenvalue weighted by Crippen LogP contribution is -2.11. The fourth-order valence-corrected chi connectivity index (χ4v) is 2.29. The minimum Gasteiger partial charge on any atom is -0.337 e. The number of nitrogens with zero attached hydrogens (tertiary/aromatic N) is 2.